The molecule has 184 valence electrons. The second-order valence-corrected chi connectivity index (χ2v) is 10.1. The van der Waals surface area contributed by atoms with Gasteiger partial charge in [-0.05, 0) is 71.3 Å². The van der Waals surface area contributed by atoms with Gasteiger partial charge in [-0.2, -0.15) is 0 Å². The maximum atomic E-state index is 13.2. The Morgan fingerprint density at radius 3 is 2.74 bits per heavy atom. The molecule has 1 unspecified atom stereocenters. The summed E-state index contributed by atoms with van der Waals surface area (Å²) >= 11 is 0. The summed E-state index contributed by atoms with van der Waals surface area (Å²) in [6, 6.07) is 12.4. The number of nitrogens with zero attached hydrogens (tertiary/aromatic N) is 5. The average Bonchev–Trinajstić information content (AvgIpc) is 3.52. The third-order valence-electron chi connectivity index (χ3n) is 7.17. The molecule has 35 heavy (non-hydrogen) atoms. The van der Waals surface area contributed by atoms with E-state index < -0.39 is 0 Å². The lowest BCUT2D eigenvalue weighted by atomic mass is 9.90. The third-order valence-corrected chi connectivity index (χ3v) is 7.17. The first-order chi connectivity index (χ1) is 17.0. The molecule has 0 radical (unpaired) electrons. The zero-order valence-electron chi connectivity index (χ0n) is 20.8. The SMILES string of the molecule is Cc1ccc2cc(CN(C3CCCCC3)C(c3nnnn3Cc3ccco3)C(C)C)c(=O)[nH]c2c1. The van der Waals surface area contributed by atoms with E-state index >= 15 is 0 Å². The van der Waals surface area contributed by atoms with Gasteiger partial charge in [-0.15, -0.1) is 5.10 Å². The summed E-state index contributed by atoms with van der Waals surface area (Å²) in [5.74, 6) is 1.88. The Morgan fingerprint density at radius 2 is 2.00 bits per heavy atom. The second-order valence-electron chi connectivity index (χ2n) is 10.1. The standard InChI is InChI=1S/C27H34N6O2/c1-18(2)25(26-29-30-31-33(26)17-23-10-7-13-35-23)32(22-8-5-4-6-9-22)16-21-15-20-12-11-19(3)14-24(20)28-27(21)34/h7,10-15,18,22,25H,4-6,8-9,16-17H2,1-3H3,(H,28,34). The van der Waals surface area contributed by atoms with Gasteiger partial charge in [0.15, 0.2) is 5.82 Å². The fraction of sp³-hybridized carbons (Fsp3) is 0.481. The van der Waals surface area contributed by atoms with E-state index in [1.54, 1.807) is 6.26 Å². The van der Waals surface area contributed by atoms with Gasteiger partial charge in [0, 0.05) is 23.7 Å². The van der Waals surface area contributed by atoms with Gasteiger partial charge in [-0.1, -0.05) is 45.2 Å². The van der Waals surface area contributed by atoms with E-state index in [9.17, 15) is 4.79 Å². The van der Waals surface area contributed by atoms with Crippen molar-refractivity contribution < 1.29 is 4.42 Å². The number of hydrogen-bond donors (Lipinski definition) is 1. The molecule has 3 aromatic heterocycles. The lowest BCUT2D eigenvalue weighted by molar-refractivity contribution is 0.0610. The zero-order valence-corrected chi connectivity index (χ0v) is 20.8. The number of aromatic nitrogens is 5. The van der Waals surface area contributed by atoms with Gasteiger partial charge in [0.05, 0.1) is 12.3 Å². The van der Waals surface area contributed by atoms with Crippen molar-refractivity contribution in [1.82, 2.24) is 30.1 Å². The number of nitrogens with one attached hydrogen (secondary N) is 1. The summed E-state index contributed by atoms with van der Waals surface area (Å²) in [7, 11) is 0. The van der Waals surface area contributed by atoms with Crippen molar-refractivity contribution in [2.45, 2.75) is 78.0 Å². The van der Waals surface area contributed by atoms with Crippen LogP contribution in [0.4, 0.5) is 0 Å². The van der Waals surface area contributed by atoms with E-state index in [0.717, 1.165) is 46.5 Å². The maximum Gasteiger partial charge on any atom is 0.252 e. The number of pyridine rings is 1. The Bertz CT molecular complexity index is 1320. The fourth-order valence-corrected chi connectivity index (χ4v) is 5.46. The van der Waals surface area contributed by atoms with E-state index in [1.807, 2.05) is 35.9 Å². The summed E-state index contributed by atoms with van der Waals surface area (Å²) in [6.45, 7) is 7.49. The molecule has 1 aromatic carbocycles. The van der Waals surface area contributed by atoms with Gasteiger partial charge in [0.1, 0.15) is 12.3 Å². The monoisotopic (exact) mass is 474 g/mol. The Morgan fingerprint density at radius 1 is 1.17 bits per heavy atom. The van der Waals surface area contributed by atoms with Crippen molar-refractivity contribution in [3.05, 3.63) is 75.7 Å². The lowest BCUT2D eigenvalue weighted by Gasteiger charge is -2.41. The zero-order chi connectivity index (χ0) is 24.4. The average molecular weight is 475 g/mol. The number of rotatable bonds is 8. The van der Waals surface area contributed by atoms with E-state index in [1.165, 1.54) is 19.3 Å². The van der Waals surface area contributed by atoms with Crippen molar-refractivity contribution in [3.63, 3.8) is 0 Å². The molecule has 0 amide bonds. The molecular weight excluding hydrogens is 440 g/mol. The lowest BCUT2D eigenvalue weighted by Crippen LogP contribution is -2.43. The maximum absolute atomic E-state index is 13.2. The van der Waals surface area contributed by atoms with Gasteiger partial charge in [-0.25, -0.2) is 4.68 Å². The van der Waals surface area contributed by atoms with Crippen molar-refractivity contribution in [2.24, 2.45) is 5.92 Å². The van der Waals surface area contributed by atoms with Crippen LogP contribution in [0, 0.1) is 12.8 Å². The highest BCUT2D eigenvalue weighted by molar-refractivity contribution is 5.79. The number of hydrogen-bond acceptors (Lipinski definition) is 6. The van der Waals surface area contributed by atoms with Crippen molar-refractivity contribution >= 4 is 10.9 Å². The Balaban J connectivity index is 1.54. The van der Waals surface area contributed by atoms with Crippen LogP contribution in [-0.2, 0) is 13.1 Å². The van der Waals surface area contributed by atoms with Crippen LogP contribution in [0.1, 0.15) is 74.7 Å². The van der Waals surface area contributed by atoms with E-state index in [0.29, 0.717) is 19.1 Å². The molecule has 1 aliphatic carbocycles. The number of benzene rings is 1. The number of fused-ring (bicyclic) bond motifs is 1. The van der Waals surface area contributed by atoms with E-state index in [-0.39, 0.29) is 17.5 Å². The van der Waals surface area contributed by atoms with Crippen LogP contribution in [0.3, 0.4) is 0 Å². The third kappa shape index (κ3) is 5.07. The van der Waals surface area contributed by atoms with Crippen molar-refractivity contribution in [1.29, 1.82) is 0 Å². The van der Waals surface area contributed by atoms with Crippen molar-refractivity contribution in [3.8, 4) is 0 Å². The molecule has 1 saturated carbocycles. The Labute approximate surface area is 205 Å². The number of H-pyrrole nitrogens is 1. The largest absolute Gasteiger partial charge is 0.467 e. The number of tetrazole rings is 1. The Hall–Kier alpha value is -3.26. The smallest absolute Gasteiger partial charge is 0.252 e. The molecular formula is C27H34N6O2. The summed E-state index contributed by atoms with van der Waals surface area (Å²) in [4.78, 5) is 18.8. The fourth-order valence-electron chi connectivity index (χ4n) is 5.46. The molecule has 0 bridgehead atoms. The van der Waals surface area contributed by atoms with Crippen LogP contribution < -0.4 is 5.56 Å². The highest BCUT2D eigenvalue weighted by Gasteiger charge is 2.35. The molecule has 1 atom stereocenters. The van der Waals surface area contributed by atoms with Crippen molar-refractivity contribution in [2.75, 3.05) is 0 Å². The number of aromatic amines is 1. The van der Waals surface area contributed by atoms with E-state index in [4.69, 9.17) is 4.42 Å². The summed E-state index contributed by atoms with van der Waals surface area (Å²) < 4.78 is 7.40. The molecule has 0 aliphatic heterocycles. The highest BCUT2D eigenvalue weighted by Crippen LogP contribution is 2.35. The summed E-state index contributed by atoms with van der Waals surface area (Å²) in [5.41, 5.74) is 2.77. The van der Waals surface area contributed by atoms with Gasteiger partial charge in [-0.3, -0.25) is 9.69 Å². The van der Waals surface area contributed by atoms with Gasteiger partial charge in [0.2, 0.25) is 0 Å². The molecule has 0 saturated heterocycles. The molecule has 0 spiro atoms. The molecule has 1 fully saturated rings. The predicted molar refractivity (Wildman–Crippen MR) is 135 cm³/mol. The molecule has 3 heterocycles. The van der Waals surface area contributed by atoms with Crippen LogP contribution in [-0.4, -0.2) is 36.1 Å². The minimum Gasteiger partial charge on any atom is -0.467 e. The molecule has 8 heteroatoms. The first-order valence-electron chi connectivity index (χ1n) is 12.7. The minimum absolute atomic E-state index is 0.0263. The Kier molecular flexibility index (Phi) is 6.81. The first kappa shape index (κ1) is 23.5. The summed E-state index contributed by atoms with van der Waals surface area (Å²) in [5, 5.41) is 13.9. The highest BCUT2D eigenvalue weighted by atomic mass is 16.3. The first-order valence-corrected chi connectivity index (χ1v) is 12.7. The van der Waals surface area contributed by atoms with Gasteiger partial charge < -0.3 is 9.40 Å². The van der Waals surface area contributed by atoms with Crippen LogP contribution in [0.25, 0.3) is 10.9 Å². The topological polar surface area (TPSA) is 92.8 Å². The van der Waals surface area contributed by atoms with Gasteiger partial charge >= 0.3 is 0 Å². The quantitative estimate of drug-likeness (QED) is 0.386. The number of furan rings is 1. The number of aryl methyl sites for hydroxylation is 1. The minimum atomic E-state index is -0.0313. The van der Waals surface area contributed by atoms with Crippen LogP contribution in [0.15, 0.2) is 51.9 Å². The second kappa shape index (κ2) is 10.2. The molecule has 8 nitrogen and oxygen atoms in total. The normalized spacial score (nSPS) is 15.9. The van der Waals surface area contributed by atoms with Crippen LogP contribution >= 0.6 is 0 Å². The predicted octanol–water partition coefficient (Wildman–Crippen LogP) is 5.00. The van der Waals surface area contributed by atoms with Crippen LogP contribution in [0.2, 0.25) is 0 Å². The van der Waals surface area contributed by atoms with Gasteiger partial charge in [0.25, 0.3) is 5.56 Å². The molecule has 5 rings (SSSR count). The molecule has 1 N–H and O–H groups in total. The van der Waals surface area contributed by atoms with Crippen LogP contribution in [0.5, 0.6) is 0 Å². The molecule has 4 aromatic rings. The summed E-state index contributed by atoms with van der Waals surface area (Å²) in [6.07, 6.45) is 7.58. The molecule has 1 aliphatic rings. The van der Waals surface area contributed by atoms with E-state index in [2.05, 4.69) is 51.4 Å².